The zero-order valence-electron chi connectivity index (χ0n) is 8.95. The molecule has 1 aliphatic carbocycles. The Bertz CT molecular complexity index is 382. The third kappa shape index (κ3) is 2.78. The molecule has 0 radical (unpaired) electrons. The molecule has 0 saturated heterocycles. The SMILES string of the molecule is Cc1csc(=O)c(NC2CCCCC2)n1. The fraction of sp³-hybridized carbons (Fsp3) is 0.636. The van der Waals surface area contributed by atoms with Crippen molar-refractivity contribution in [1.29, 1.82) is 0 Å². The Morgan fingerprint density at radius 2 is 2.13 bits per heavy atom. The molecule has 1 heterocycles. The predicted octanol–water partition coefficient (Wildman–Crippen LogP) is 2.56. The van der Waals surface area contributed by atoms with Crippen LogP contribution >= 0.6 is 11.3 Å². The lowest BCUT2D eigenvalue weighted by Crippen LogP contribution is -2.25. The predicted molar refractivity (Wildman–Crippen MR) is 63.6 cm³/mol. The number of nitrogens with one attached hydrogen (secondary N) is 1. The standard InChI is InChI=1S/C11H16N2OS/c1-8-7-15-11(14)10(12-8)13-9-5-3-2-4-6-9/h7,9H,2-6H2,1H3,(H,12,13). The van der Waals surface area contributed by atoms with Crippen molar-refractivity contribution in [3.05, 3.63) is 20.6 Å². The smallest absolute Gasteiger partial charge is 0.274 e. The van der Waals surface area contributed by atoms with E-state index in [1.165, 1.54) is 43.4 Å². The van der Waals surface area contributed by atoms with Crippen LogP contribution in [0.4, 0.5) is 5.82 Å². The van der Waals surface area contributed by atoms with Gasteiger partial charge in [0.15, 0.2) is 5.82 Å². The summed E-state index contributed by atoms with van der Waals surface area (Å²) >= 11 is 1.23. The first-order chi connectivity index (χ1) is 7.25. The normalized spacial score (nSPS) is 17.7. The molecule has 0 amide bonds. The van der Waals surface area contributed by atoms with E-state index in [9.17, 15) is 4.79 Å². The van der Waals surface area contributed by atoms with Crippen LogP contribution in [0.25, 0.3) is 0 Å². The second-order valence-electron chi connectivity index (χ2n) is 4.10. The Morgan fingerprint density at radius 1 is 1.40 bits per heavy atom. The van der Waals surface area contributed by atoms with Gasteiger partial charge in [0.05, 0.1) is 0 Å². The number of aromatic nitrogens is 1. The minimum atomic E-state index is 0.0474. The molecule has 15 heavy (non-hydrogen) atoms. The molecule has 3 nitrogen and oxygen atoms in total. The molecule has 1 aromatic heterocycles. The van der Waals surface area contributed by atoms with Gasteiger partial charge in [-0.05, 0) is 19.8 Å². The second kappa shape index (κ2) is 4.75. The average molecular weight is 224 g/mol. The molecule has 4 heteroatoms. The highest BCUT2D eigenvalue weighted by atomic mass is 32.1. The highest BCUT2D eigenvalue weighted by molar-refractivity contribution is 7.07. The van der Waals surface area contributed by atoms with Crippen molar-refractivity contribution in [3.63, 3.8) is 0 Å². The van der Waals surface area contributed by atoms with Crippen molar-refractivity contribution < 1.29 is 0 Å². The van der Waals surface area contributed by atoms with Crippen LogP contribution in [0, 0.1) is 6.92 Å². The van der Waals surface area contributed by atoms with Gasteiger partial charge in [0.25, 0.3) is 4.74 Å². The van der Waals surface area contributed by atoms with Crippen LogP contribution in [0.1, 0.15) is 37.8 Å². The van der Waals surface area contributed by atoms with Crippen LogP contribution in [0.5, 0.6) is 0 Å². The van der Waals surface area contributed by atoms with Gasteiger partial charge in [0.2, 0.25) is 0 Å². The summed E-state index contributed by atoms with van der Waals surface area (Å²) in [5.41, 5.74) is 0.915. The number of hydrogen-bond donors (Lipinski definition) is 1. The molecule has 0 atom stereocenters. The zero-order valence-corrected chi connectivity index (χ0v) is 9.77. The lowest BCUT2D eigenvalue weighted by Gasteiger charge is -2.22. The Kier molecular flexibility index (Phi) is 3.36. The molecule has 1 saturated carbocycles. The quantitative estimate of drug-likeness (QED) is 0.839. The lowest BCUT2D eigenvalue weighted by atomic mass is 9.96. The topological polar surface area (TPSA) is 42.0 Å². The van der Waals surface area contributed by atoms with Gasteiger partial charge in [-0.15, -0.1) is 0 Å². The average Bonchev–Trinajstić information content (AvgIpc) is 2.25. The van der Waals surface area contributed by atoms with Crippen molar-refractivity contribution in [3.8, 4) is 0 Å². The van der Waals surface area contributed by atoms with Crippen LogP contribution in [0.15, 0.2) is 10.2 Å². The zero-order chi connectivity index (χ0) is 10.7. The fourth-order valence-corrected chi connectivity index (χ4v) is 2.52. The summed E-state index contributed by atoms with van der Waals surface area (Å²) < 4.78 is 0.0474. The fourth-order valence-electron chi connectivity index (χ4n) is 1.97. The maximum atomic E-state index is 11.5. The van der Waals surface area contributed by atoms with Crippen LogP contribution in [-0.4, -0.2) is 11.0 Å². The van der Waals surface area contributed by atoms with Gasteiger partial charge in [-0.3, -0.25) is 4.79 Å². The van der Waals surface area contributed by atoms with E-state index >= 15 is 0 Å². The van der Waals surface area contributed by atoms with Crippen molar-refractivity contribution >= 4 is 17.2 Å². The summed E-state index contributed by atoms with van der Waals surface area (Å²) in [7, 11) is 0. The van der Waals surface area contributed by atoms with Gasteiger partial charge in [-0.25, -0.2) is 4.98 Å². The van der Waals surface area contributed by atoms with Crippen molar-refractivity contribution in [2.24, 2.45) is 0 Å². The van der Waals surface area contributed by atoms with Crippen LogP contribution in [0.3, 0.4) is 0 Å². The molecule has 0 bridgehead atoms. The molecule has 1 aromatic rings. The van der Waals surface area contributed by atoms with E-state index in [-0.39, 0.29) is 4.74 Å². The Morgan fingerprint density at radius 3 is 2.87 bits per heavy atom. The summed E-state index contributed by atoms with van der Waals surface area (Å²) in [5.74, 6) is 0.548. The first kappa shape index (κ1) is 10.6. The summed E-state index contributed by atoms with van der Waals surface area (Å²) in [6.07, 6.45) is 6.19. The summed E-state index contributed by atoms with van der Waals surface area (Å²) in [6, 6.07) is 0.452. The number of aryl methyl sites for hydroxylation is 1. The molecular weight excluding hydrogens is 208 g/mol. The summed E-state index contributed by atoms with van der Waals surface area (Å²) in [5, 5.41) is 5.08. The van der Waals surface area contributed by atoms with E-state index in [1.807, 2.05) is 6.92 Å². The number of rotatable bonds is 2. The van der Waals surface area contributed by atoms with Gasteiger partial charge in [0.1, 0.15) is 0 Å². The number of anilines is 1. The van der Waals surface area contributed by atoms with E-state index in [4.69, 9.17) is 0 Å². The highest BCUT2D eigenvalue weighted by Crippen LogP contribution is 2.19. The van der Waals surface area contributed by atoms with Crippen molar-refractivity contribution in [2.75, 3.05) is 5.32 Å². The maximum Gasteiger partial charge on any atom is 0.274 e. The second-order valence-corrected chi connectivity index (χ2v) is 4.95. The molecule has 1 N–H and O–H groups in total. The van der Waals surface area contributed by atoms with Crippen LogP contribution < -0.4 is 10.1 Å². The van der Waals surface area contributed by atoms with Gasteiger partial charge in [-0.1, -0.05) is 30.6 Å². The molecule has 82 valence electrons. The highest BCUT2D eigenvalue weighted by Gasteiger charge is 2.14. The van der Waals surface area contributed by atoms with E-state index < -0.39 is 0 Å². The van der Waals surface area contributed by atoms with Crippen LogP contribution in [-0.2, 0) is 0 Å². The minimum Gasteiger partial charge on any atom is -0.363 e. The Labute approximate surface area is 93.6 Å². The van der Waals surface area contributed by atoms with Crippen LogP contribution in [0.2, 0.25) is 0 Å². The number of hydrogen-bond acceptors (Lipinski definition) is 4. The third-order valence-corrected chi connectivity index (χ3v) is 3.63. The van der Waals surface area contributed by atoms with Crippen molar-refractivity contribution in [2.45, 2.75) is 45.1 Å². The Balaban J connectivity index is 2.09. The Hall–Kier alpha value is -0.900. The minimum absolute atomic E-state index is 0.0474. The first-order valence-corrected chi connectivity index (χ1v) is 6.36. The van der Waals surface area contributed by atoms with Gasteiger partial charge in [-0.2, -0.15) is 0 Å². The largest absolute Gasteiger partial charge is 0.363 e. The molecule has 0 unspecified atom stereocenters. The van der Waals surface area contributed by atoms with E-state index in [0.717, 1.165) is 5.69 Å². The third-order valence-electron chi connectivity index (χ3n) is 2.76. The summed E-state index contributed by atoms with van der Waals surface area (Å²) in [4.78, 5) is 15.8. The van der Waals surface area contributed by atoms with Gasteiger partial charge >= 0.3 is 0 Å². The van der Waals surface area contributed by atoms with Gasteiger partial charge < -0.3 is 5.32 Å². The molecule has 1 fully saturated rings. The lowest BCUT2D eigenvalue weighted by molar-refractivity contribution is 0.461. The molecule has 2 rings (SSSR count). The molecule has 0 aromatic carbocycles. The van der Waals surface area contributed by atoms with Gasteiger partial charge in [0, 0.05) is 17.1 Å². The molecular formula is C11H16N2OS. The maximum absolute atomic E-state index is 11.5. The molecule has 0 aliphatic heterocycles. The molecule has 0 spiro atoms. The first-order valence-electron chi connectivity index (χ1n) is 5.49. The van der Waals surface area contributed by atoms with E-state index in [1.54, 1.807) is 5.38 Å². The van der Waals surface area contributed by atoms with E-state index in [2.05, 4.69) is 10.3 Å². The van der Waals surface area contributed by atoms with E-state index in [0.29, 0.717) is 11.9 Å². The monoisotopic (exact) mass is 224 g/mol. The number of nitrogens with zero attached hydrogens (tertiary/aromatic N) is 1. The molecule has 1 aliphatic rings. The summed E-state index contributed by atoms with van der Waals surface area (Å²) in [6.45, 7) is 1.92. The van der Waals surface area contributed by atoms with Crippen molar-refractivity contribution in [1.82, 2.24) is 4.98 Å².